The number of hydrogen-bond acceptors (Lipinski definition) is 3. The van der Waals surface area contributed by atoms with Crippen LogP contribution in [0.15, 0.2) is 40.8 Å². The Morgan fingerprint density at radius 1 is 0.941 bits per heavy atom. The molecule has 0 aliphatic rings. The Morgan fingerprint density at radius 2 is 1.59 bits per heavy atom. The van der Waals surface area contributed by atoms with Gasteiger partial charge in [0.1, 0.15) is 5.58 Å². The third-order valence-electron chi connectivity index (χ3n) is 2.78. The van der Waals surface area contributed by atoms with Crippen LogP contribution in [0.5, 0.6) is 0 Å². The van der Waals surface area contributed by atoms with E-state index in [0.29, 0.717) is 21.7 Å². The zero-order chi connectivity index (χ0) is 12.0. The quantitative estimate of drug-likeness (QED) is 0.645. The molecule has 2 aromatic carbocycles. The minimum atomic E-state index is -1.56. The van der Waals surface area contributed by atoms with E-state index in [0.717, 1.165) is 10.8 Å². The first kappa shape index (κ1) is 10.7. The van der Waals surface area contributed by atoms with E-state index >= 15 is 0 Å². The number of furan rings is 1. The lowest BCUT2D eigenvalue weighted by Crippen LogP contribution is -2.29. The second-order valence-corrected chi connectivity index (χ2v) is 4.22. The summed E-state index contributed by atoms with van der Waals surface area (Å²) in [6.07, 6.45) is 0. The van der Waals surface area contributed by atoms with Crippen LogP contribution in [0.25, 0.3) is 21.9 Å². The van der Waals surface area contributed by atoms with E-state index in [1.54, 1.807) is 18.2 Å². The topological polar surface area (TPSA) is 53.6 Å². The number of para-hydroxylation sites is 2. The van der Waals surface area contributed by atoms with Gasteiger partial charge in [0.05, 0.1) is 5.02 Å². The van der Waals surface area contributed by atoms with Crippen LogP contribution in [-0.4, -0.2) is 17.2 Å². The van der Waals surface area contributed by atoms with E-state index in [1.165, 1.54) is 0 Å². The molecular weight excluding hydrogens is 238 g/mol. The molecule has 0 radical (unpaired) electrons. The van der Waals surface area contributed by atoms with Gasteiger partial charge in [-0.05, 0) is 6.07 Å². The molecule has 0 saturated carbocycles. The molecule has 0 aliphatic heterocycles. The Kier molecular flexibility index (Phi) is 2.36. The van der Waals surface area contributed by atoms with Gasteiger partial charge in [-0.15, -0.1) is 0 Å². The third-order valence-corrected chi connectivity index (χ3v) is 3.08. The van der Waals surface area contributed by atoms with Crippen LogP contribution in [0.4, 0.5) is 0 Å². The van der Waals surface area contributed by atoms with Crippen LogP contribution in [-0.2, 0) is 0 Å². The van der Waals surface area contributed by atoms with Crippen molar-refractivity contribution in [1.29, 1.82) is 0 Å². The Hall–Kier alpha value is -1.49. The molecule has 2 N–H and O–H groups in total. The van der Waals surface area contributed by atoms with Gasteiger partial charge < -0.3 is 14.5 Å². The molecule has 1 heterocycles. The van der Waals surface area contributed by atoms with Gasteiger partial charge in [0.2, 0.25) is 0 Å². The maximum absolute atomic E-state index is 9.28. The van der Waals surface area contributed by atoms with Crippen molar-refractivity contribution < 1.29 is 14.5 Å². The minimum absolute atomic E-state index is 0.342. The van der Waals surface area contributed by atoms with Gasteiger partial charge in [0, 0.05) is 16.2 Å². The number of halogens is 1. The fourth-order valence-electron chi connectivity index (χ4n) is 2.01. The van der Waals surface area contributed by atoms with Gasteiger partial charge in [-0.3, -0.25) is 0 Å². The summed E-state index contributed by atoms with van der Waals surface area (Å²) in [7, 11) is -1.56. The van der Waals surface area contributed by atoms with Crippen molar-refractivity contribution in [1.82, 2.24) is 0 Å². The standard InChI is InChI=1S/C12H8BClO3/c14-10-6-2-4-8-7-3-1-5-9(13(15)16)11(7)17-12(8)10/h1-6,15-16H. The van der Waals surface area contributed by atoms with Crippen molar-refractivity contribution in [2.45, 2.75) is 0 Å². The molecular formula is C12H8BClO3. The number of hydrogen-bond donors (Lipinski definition) is 2. The summed E-state index contributed by atoms with van der Waals surface area (Å²) in [6, 6.07) is 10.7. The molecule has 1 aromatic heterocycles. The molecule has 3 aromatic rings. The molecule has 0 aliphatic carbocycles. The van der Waals surface area contributed by atoms with Crippen LogP contribution in [0.3, 0.4) is 0 Å². The average molecular weight is 246 g/mol. The zero-order valence-electron chi connectivity index (χ0n) is 8.72. The first-order valence-electron chi connectivity index (χ1n) is 5.14. The highest BCUT2D eigenvalue weighted by Gasteiger charge is 2.19. The minimum Gasteiger partial charge on any atom is -0.455 e. The van der Waals surface area contributed by atoms with Gasteiger partial charge in [-0.1, -0.05) is 41.9 Å². The first-order chi connectivity index (χ1) is 8.18. The molecule has 84 valence electrons. The molecule has 0 fully saturated rings. The molecule has 3 nitrogen and oxygen atoms in total. The largest absolute Gasteiger partial charge is 0.492 e. The van der Waals surface area contributed by atoms with Crippen molar-refractivity contribution in [3.05, 3.63) is 41.4 Å². The smallest absolute Gasteiger partial charge is 0.455 e. The molecule has 0 atom stereocenters. The second-order valence-electron chi connectivity index (χ2n) is 3.82. The maximum atomic E-state index is 9.28. The van der Waals surface area contributed by atoms with E-state index in [4.69, 9.17) is 16.0 Å². The lowest BCUT2D eigenvalue weighted by atomic mass is 9.79. The van der Waals surface area contributed by atoms with E-state index in [1.807, 2.05) is 18.2 Å². The van der Waals surface area contributed by atoms with Gasteiger partial charge in [0.25, 0.3) is 0 Å². The fraction of sp³-hybridized carbons (Fsp3) is 0. The van der Waals surface area contributed by atoms with Crippen LogP contribution < -0.4 is 5.46 Å². The lowest BCUT2D eigenvalue weighted by molar-refractivity contribution is 0.425. The molecule has 0 saturated heterocycles. The van der Waals surface area contributed by atoms with Gasteiger partial charge in [-0.25, -0.2) is 0 Å². The lowest BCUT2D eigenvalue weighted by Gasteiger charge is -1.98. The monoisotopic (exact) mass is 246 g/mol. The number of benzene rings is 2. The van der Waals surface area contributed by atoms with Crippen molar-refractivity contribution in [3.8, 4) is 0 Å². The predicted molar refractivity (Wildman–Crippen MR) is 68.6 cm³/mol. The summed E-state index contributed by atoms with van der Waals surface area (Å²) in [5, 5.41) is 20.8. The summed E-state index contributed by atoms with van der Waals surface area (Å²) in [4.78, 5) is 0. The Bertz CT molecular complexity index is 705. The summed E-state index contributed by atoms with van der Waals surface area (Å²) in [5.41, 5.74) is 1.37. The summed E-state index contributed by atoms with van der Waals surface area (Å²) >= 11 is 6.04. The Morgan fingerprint density at radius 3 is 2.29 bits per heavy atom. The normalized spacial score (nSPS) is 11.2. The van der Waals surface area contributed by atoms with Crippen LogP contribution in [0.1, 0.15) is 0 Å². The van der Waals surface area contributed by atoms with Gasteiger partial charge >= 0.3 is 7.12 Å². The van der Waals surface area contributed by atoms with E-state index in [-0.39, 0.29) is 0 Å². The fourth-order valence-corrected chi connectivity index (χ4v) is 2.22. The zero-order valence-corrected chi connectivity index (χ0v) is 9.48. The van der Waals surface area contributed by atoms with E-state index in [2.05, 4.69) is 0 Å². The maximum Gasteiger partial charge on any atom is 0.492 e. The van der Waals surface area contributed by atoms with Crippen LogP contribution in [0.2, 0.25) is 5.02 Å². The first-order valence-corrected chi connectivity index (χ1v) is 5.52. The third kappa shape index (κ3) is 1.53. The van der Waals surface area contributed by atoms with Crippen molar-refractivity contribution in [3.63, 3.8) is 0 Å². The SMILES string of the molecule is OB(O)c1cccc2c1oc1c(Cl)cccc12. The molecule has 0 unspecified atom stereocenters. The molecule has 0 amide bonds. The van der Waals surface area contributed by atoms with E-state index in [9.17, 15) is 10.0 Å². The van der Waals surface area contributed by atoms with Crippen molar-refractivity contribution in [2.24, 2.45) is 0 Å². The predicted octanol–water partition coefficient (Wildman–Crippen LogP) is 1.92. The highest BCUT2D eigenvalue weighted by atomic mass is 35.5. The highest BCUT2D eigenvalue weighted by molar-refractivity contribution is 6.61. The molecule has 0 spiro atoms. The van der Waals surface area contributed by atoms with Crippen molar-refractivity contribution >= 4 is 46.1 Å². The highest BCUT2D eigenvalue weighted by Crippen LogP contribution is 2.32. The van der Waals surface area contributed by atoms with Crippen LogP contribution in [0, 0.1) is 0 Å². The molecule has 0 bridgehead atoms. The number of fused-ring (bicyclic) bond motifs is 3. The van der Waals surface area contributed by atoms with Gasteiger partial charge in [0.15, 0.2) is 5.58 Å². The number of rotatable bonds is 1. The van der Waals surface area contributed by atoms with Crippen LogP contribution >= 0.6 is 11.6 Å². The van der Waals surface area contributed by atoms with Crippen molar-refractivity contribution in [2.75, 3.05) is 0 Å². The second kappa shape index (κ2) is 3.77. The van der Waals surface area contributed by atoms with Gasteiger partial charge in [-0.2, -0.15) is 0 Å². The summed E-state index contributed by atoms with van der Waals surface area (Å²) < 4.78 is 5.62. The Balaban J connectivity index is 2.51. The summed E-state index contributed by atoms with van der Waals surface area (Å²) in [5.74, 6) is 0. The molecule has 3 rings (SSSR count). The summed E-state index contributed by atoms with van der Waals surface area (Å²) in [6.45, 7) is 0. The Labute approximate surface area is 102 Å². The molecule has 17 heavy (non-hydrogen) atoms. The van der Waals surface area contributed by atoms with E-state index < -0.39 is 7.12 Å². The molecule has 5 heteroatoms. The average Bonchev–Trinajstić information content (AvgIpc) is 2.69.